The molecule has 12 heteroatoms. The number of halogens is 1. The van der Waals surface area contributed by atoms with E-state index in [1.54, 1.807) is 25.4 Å². The number of hydrogen-bond acceptors (Lipinski definition) is 8. The molecule has 6 aromatic rings. The summed E-state index contributed by atoms with van der Waals surface area (Å²) in [4.78, 5) is 29.3. The number of nitrogens with zero attached hydrogens (tertiary/aromatic N) is 6. The van der Waals surface area contributed by atoms with E-state index in [0.717, 1.165) is 45.9 Å². The molecule has 2 fully saturated rings. The highest BCUT2D eigenvalue weighted by Gasteiger charge is 2.30. The third-order valence-corrected chi connectivity index (χ3v) is 9.23. The topological polar surface area (TPSA) is 126 Å². The van der Waals surface area contributed by atoms with Gasteiger partial charge >= 0.3 is 0 Å². The van der Waals surface area contributed by atoms with Crippen molar-refractivity contribution in [1.82, 2.24) is 29.0 Å². The number of hydrogen-bond donors (Lipinski definition) is 1. The van der Waals surface area contributed by atoms with E-state index in [9.17, 15) is 9.18 Å². The molecular formula is C36H36FN7O4. The number of pyridine rings is 1. The number of carbonyl (C=O) groups excluding carboxylic acids is 1. The zero-order valence-electron chi connectivity index (χ0n) is 26.8. The van der Waals surface area contributed by atoms with Crippen LogP contribution in [0.3, 0.4) is 0 Å². The number of ether oxygens (including phenoxy) is 2. The summed E-state index contributed by atoms with van der Waals surface area (Å²) in [6.07, 6.45) is 4.59. The van der Waals surface area contributed by atoms with E-state index in [2.05, 4.69) is 21.7 Å². The van der Waals surface area contributed by atoms with Crippen molar-refractivity contribution in [2.75, 3.05) is 20.2 Å². The van der Waals surface area contributed by atoms with E-state index < -0.39 is 12.2 Å². The number of alkyl halides is 1. The first kappa shape index (κ1) is 30.1. The van der Waals surface area contributed by atoms with E-state index in [1.807, 2.05) is 41.9 Å². The van der Waals surface area contributed by atoms with Gasteiger partial charge < -0.3 is 33.7 Å². The fourth-order valence-electron chi connectivity index (χ4n) is 6.65. The second kappa shape index (κ2) is 12.1. The van der Waals surface area contributed by atoms with Gasteiger partial charge in [-0.2, -0.15) is 0 Å². The van der Waals surface area contributed by atoms with Crippen LogP contribution in [-0.2, 0) is 20.2 Å². The number of nitrogens with two attached hydrogens (primary N) is 1. The van der Waals surface area contributed by atoms with Crippen LogP contribution in [0.5, 0.6) is 11.5 Å². The Morgan fingerprint density at radius 1 is 1.08 bits per heavy atom. The number of amides is 1. The smallest absolute Gasteiger partial charge is 0.254 e. The third kappa shape index (κ3) is 5.66. The molecule has 4 aromatic heterocycles. The molecule has 0 unspecified atom stereocenters. The number of likely N-dealkylation sites (tertiary alicyclic amines) is 1. The van der Waals surface area contributed by atoms with Crippen LogP contribution in [0.4, 0.5) is 4.39 Å². The molecule has 11 nitrogen and oxygen atoms in total. The minimum Gasteiger partial charge on any atom is -0.494 e. The number of imidazole rings is 1. The second-order valence-electron chi connectivity index (χ2n) is 12.8. The quantitative estimate of drug-likeness (QED) is 0.210. The molecule has 2 N–H and O–H groups in total. The monoisotopic (exact) mass is 649 g/mol. The summed E-state index contributed by atoms with van der Waals surface area (Å²) in [7, 11) is 3.53. The predicted molar refractivity (Wildman–Crippen MR) is 178 cm³/mol. The molecule has 1 saturated carbocycles. The zero-order chi connectivity index (χ0) is 32.9. The first-order valence-corrected chi connectivity index (χ1v) is 16.2. The van der Waals surface area contributed by atoms with Crippen LogP contribution in [-0.4, -0.2) is 67.3 Å². The fraction of sp³-hybridized carbons (Fsp3) is 0.333. The molecule has 1 amide bonds. The van der Waals surface area contributed by atoms with Crippen LogP contribution in [0.15, 0.2) is 71.5 Å². The van der Waals surface area contributed by atoms with Gasteiger partial charge in [-0.1, -0.05) is 0 Å². The van der Waals surface area contributed by atoms with E-state index in [-0.39, 0.29) is 25.5 Å². The molecule has 1 saturated heterocycles. The molecule has 2 atom stereocenters. The van der Waals surface area contributed by atoms with Gasteiger partial charge in [0.2, 0.25) is 5.89 Å². The number of fused-ring (bicyclic) bond motifs is 2. The van der Waals surface area contributed by atoms with E-state index in [4.69, 9.17) is 29.6 Å². The van der Waals surface area contributed by atoms with Crippen molar-refractivity contribution in [2.24, 2.45) is 18.7 Å². The van der Waals surface area contributed by atoms with Crippen molar-refractivity contribution in [2.45, 2.75) is 44.6 Å². The normalized spacial score (nSPS) is 18.1. The molecule has 0 bridgehead atoms. The number of benzene rings is 2. The average Bonchev–Trinajstić information content (AvgIpc) is 3.46. The van der Waals surface area contributed by atoms with Crippen LogP contribution in [0.1, 0.15) is 35.5 Å². The van der Waals surface area contributed by atoms with Gasteiger partial charge in [-0.15, -0.1) is 0 Å². The fourth-order valence-corrected chi connectivity index (χ4v) is 6.65. The number of methoxy groups -OCH3 is 1. The number of rotatable bonds is 9. The summed E-state index contributed by atoms with van der Waals surface area (Å²) in [6, 6.07) is 17.2. The summed E-state index contributed by atoms with van der Waals surface area (Å²) >= 11 is 0. The molecule has 2 aliphatic rings. The van der Waals surface area contributed by atoms with Crippen molar-refractivity contribution in [1.29, 1.82) is 0 Å². The second-order valence-corrected chi connectivity index (χ2v) is 12.8. The lowest BCUT2D eigenvalue weighted by atomic mass is 10.0. The summed E-state index contributed by atoms with van der Waals surface area (Å²) in [6.45, 7) is 1.42. The third-order valence-electron chi connectivity index (χ3n) is 9.23. The van der Waals surface area contributed by atoms with Gasteiger partial charge in [0.05, 0.1) is 36.8 Å². The molecule has 48 heavy (non-hydrogen) atoms. The van der Waals surface area contributed by atoms with Crippen molar-refractivity contribution in [3.05, 3.63) is 78.5 Å². The van der Waals surface area contributed by atoms with Gasteiger partial charge in [0.1, 0.15) is 35.1 Å². The first-order chi connectivity index (χ1) is 23.3. The maximum Gasteiger partial charge on any atom is 0.254 e. The Bertz CT molecular complexity index is 2110. The standard InChI is InChI=1S/C36H36FN7O4/c1-42-33-29(13-24(15-31(33)46-2)36(45)43-18-25(37)16-26(38)19-43)41-35(42)30-14-23-7-10-28(40-34(23)44(30)17-21-3-4-21)22-5-8-27(9-6-22)48-20-32-39-11-12-47-32/h5-15,21,25-26H,3-4,16-20,38H2,1-2H3/t25-,26-/m1/s1. The van der Waals surface area contributed by atoms with Gasteiger partial charge in [0, 0.05) is 42.7 Å². The first-order valence-electron chi connectivity index (χ1n) is 16.2. The van der Waals surface area contributed by atoms with Crippen LogP contribution in [0.2, 0.25) is 0 Å². The van der Waals surface area contributed by atoms with E-state index in [1.165, 1.54) is 24.0 Å². The summed E-state index contributed by atoms with van der Waals surface area (Å²) < 4.78 is 35.4. The van der Waals surface area contributed by atoms with Crippen LogP contribution in [0, 0.1) is 5.92 Å². The Balaban J connectivity index is 1.15. The minimum atomic E-state index is -1.14. The zero-order valence-corrected chi connectivity index (χ0v) is 26.8. The molecular weight excluding hydrogens is 613 g/mol. The van der Waals surface area contributed by atoms with Crippen LogP contribution in [0.25, 0.3) is 44.8 Å². The lowest BCUT2D eigenvalue weighted by Crippen LogP contribution is -2.50. The van der Waals surface area contributed by atoms with Gasteiger partial charge in [0.15, 0.2) is 12.4 Å². The number of aromatic nitrogens is 5. The van der Waals surface area contributed by atoms with Gasteiger partial charge in [-0.3, -0.25) is 4.79 Å². The Kier molecular flexibility index (Phi) is 7.59. The Hall–Kier alpha value is -5.23. The highest BCUT2D eigenvalue weighted by molar-refractivity contribution is 6.00. The number of piperidine rings is 1. The highest BCUT2D eigenvalue weighted by atomic mass is 19.1. The van der Waals surface area contributed by atoms with Gasteiger partial charge in [0.25, 0.3) is 5.91 Å². The van der Waals surface area contributed by atoms with Crippen molar-refractivity contribution in [3.63, 3.8) is 0 Å². The molecule has 246 valence electrons. The van der Waals surface area contributed by atoms with Crippen molar-refractivity contribution in [3.8, 4) is 34.3 Å². The maximum atomic E-state index is 14.3. The van der Waals surface area contributed by atoms with E-state index in [0.29, 0.717) is 40.9 Å². The van der Waals surface area contributed by atoms with Crippen LogP contribution < -0.4 is 15.2 Å². The van der Waals surface area contributed by atoms with Crippen molar-refractivity contribution < 1.29 is 23.1 Å². The highest BCUT2D eigenvalue weighted by Crippen LogP contribution is 2.38. The molecule has 5 heterocycles. The average molecular weight is 650 g/mol. The molecule has 8 rings (SSSR count). The number of carbonyl (C=O) groups is 1. The predicted octanol–water partition coefficient (Wildman–Crippen LogP) is 5.75. The summed E-state index contributed by atoms with van der Waals surface area (Å²) in [5.74, 6) is 2.79. The lowest BCUT2D eigenvalue weighted by Gasteiger charge is -2.33. The SMILES string of the molecule is COc1cc(C(=O)N2C[C@H](N)C[C@@H](F)C2)cc2nc(-c3cc4ccc(-c5ccc(OCc6ncco6)cc5)nc4n3CC3CC3)n(C)c12. The summed E-state index contributed by atoms with van der Waals surface area (Å²) in [5, 5.41) is 1.01. The maximum absolute atomic E-state index is 14.3. The Labute approximate surface area is 276 Å². The number of aryl methyl sites for hydroxylation is 1. The molecule has 1 aliphatic heterocycles. The molecule has 0 spiro atoms. The Morgan fingerprint density at radius 2 is 1.92 bits per heavy atom. The largest absolute Gasteiger partial charge is 0.494 e. The number of oxazole rings is 1. The lowest BCUT2D eigenvalue weighted by molar-refractivity contribution is 0.0606. The van der Waals surface area contributed by atoms with Crippen molar-refractivity contribution >= 4 is 28.0 Å². The van der Waals surface area contributed by atoms with Gasteiger partial charge in [-0.05, 0) is 79.8 Å². The Morgan fingerprint density at radius 3 is 2.65 bits per heavy atom. The molecule has 0 radical (unpaired) electrons. The molecule has 2 aromatic carbocycles. The minimum absolute atomic E-state index is 0.0258. The van der Waals surface area contributed by atoms with Gasteiger partial charge in [-0.25, -0.2) is 19.3 Å². The molecule has 1 aliphatic carbocycles. The van der Waals surface area contributed by atoms with E-state index >= 15 is 0 Å². The van der Waals surface area contributed by atoms with Crippen LogP contribution >= 0.6 is 0 Å². The summed E-state index contributed by atoms with van der Waals surface area (Å²) in [5.41, 5.74) is 11.5.